The zero-order valence-electron chi connectivity index (χ0n) is 8.61. The number of carbonyl (C=O) groups excluding carboxylic acids is 2. The predicted molar refractivity (Wildman–Crippen MR) is 47.6 cm³/mol. The van der Waals surface area contributed by atoms with Crippen molar-refractivity contribution in [3.63, 3.8) is 0 Å². The maximum Gasteiger partial charge on any atom is 0.337 e. The van der Waals surface area contributed by atoms with Crippen LogP contribution in [0, 0.1) is 5.41 Å². The van der Waals surface area contributed by atoms with Crippen LogP contribution in [-0.2, 0) is 14.4 Å². The van der Waals surface area contributed by atoms with Crippen molar-refractivity contribution < 1.29 is 19.5 Å². The Bertz CT molecular complexity index is 256. The number of carbonyl (C=O) groups is 2. The third-order valence-electron chi connectivity index (χ3n) is 1.93. The van der Waals surface area contributed by atoms with Gasteiger partial charge in [0.1, 0.15) is 0 Å². The van der Waals surface area contributed by atoms with E-state index in [-0.39, 0.29) is 12.3 Å². The van der Waals surface area contributed by atoms with Gasteiger partial charge in [-0.25, -0.2) is 4.79 Å². The minimum Gasteiger partial charge on any atom is -0.370 e. The van der Waals surface area contributed by atoms with E-state index < -0.39 is 17.6 Å². The van der Waals surface area contributed by atoms with Crippen LogP contribution < -0.4 is 0 Å². The van der Waals surface area contributed by atoms with E-state index in [1.807, 2.05) is 0 Å². The van der Waals surface area contributed by atoms with Gasteiger partial charge in [0.15, 0.2) is 6.23 Å². The second-order valence-corrected chi connectivity index (χ2v) is 4.37. The van der Waals surface area contributed by atoms with E-state index in [4.69, 9.17) is 4.84 Å². The maximum atomic E-state index is 11.4. The van der Waals surface area contributed by atoms with Gasteiger partial charge in [-0.2, -0.15) is 0 Å². The lowest BCUT2D eigenvalue weighted by molar-refractivity contribution is -0.226. The summed E-state index contributed by atoms with van der Waals surface area (Å²) in [6.45, 7) is 5.05. The molecule has 1 fully saturated rings. The minimum absolute atomic E-state index is 0.221. The Kier molecular flexibility index (Phi) is 2.80. The number of nitrogens with zero attached hydrogens (tertiary/aromatic N) is 1. The number of amides is 1. The van der Waals surface area contributed by atoms with Crippen LogP contribution in [0.15, 0.2) is 0 Å². The lowest BCUT2D eigenvalue weighted by atomic mass is 9.98. The summed E-state index contributed by atoms with van der Waals surface area (Å²) in [6.07, 6.45) is -0.455. The number of hydrogen-bond acceptors (Lipinski definition) is 4. The third-order valence-corrected chi connectivity index (χ3v) is 1.93. The van der Waals surface area contributed by atoms with Crippen LogP contribution >= 0.6 is 0 Å². The van der Waals surface area contributed by atoms with E-state index in [0.29, 0.717) is 6.42 Å². The van der Waals surface area contributed by atoms with E-state index >= 15 is 0 Å². The molecule has 1 N–H and O–H groups in total. The van der Waals surface area contributed by atoms with Crippen LogP contribution in [0.25, 0.3) is 0 Å². The molecule has 0 aliphatic carbocycles. The molecular formula is C9H15NO4. The molecule has 0 spiro atoms. The largest absolute Gasteiger partial charge is 0.370 e. The molecule has 14 heavy (non-hydrogen) atoms. The van der Waals surface area contributed by atoms with Crippen LogP contribution in [0.1, 0.15) is 33.6 Å². The fourth-order valence-corrected chi connectivity index (χ4v) is 0.984. The van der Waals surface area contributed by atoms with Crippen LogP contribution in [0.5, 0.6) is 0 Å². The number of hydroxylamine groups is 2. The Morgan fingerprint density at radius 1 is 1.57 bits per heavy atom. The van der Waals surface area contributed by atoms with Crippen LogP contribution in [-0.4, -0.2) is 28.3 Å². The van der Waals surface area contributed by atoms with Crippen LogP contribution in [0.3, 0.4) is 0 Å². The van der Waals surface area contributed by atoms with E-state index in [0.717, 1.165) is 5.06 Å². The van der Waals surface area contributed by atoms with Crippen LogP contribution in [0.2, 0.25) is 0 Å². The summed E-state index contributed by atoms with van der Waals surface area (Å²) in [6, 6.07) is 0. The number of hydrogen-bond donors (Lipinski definition) is 1. The van der Waals surface area contributed by atoms with Gasteiger partial charge in [0, 0.05) is 12.8 Å². The highest BCUT2D eigenvalue weighted by atomic mass is 16.7. The first-order valence-electron chi connectivity index (χ1n) is 4.55. The van der Waals surface area contributed by atoms with E-state index in [2.05, 4.69) is 0 Å². The molecule has 0 aromatic carbocycles. The molecule has 0 aromatic rings. The summed E-state index contributed by atoms with van der Waals surface area (Å²) in [5.41, 5.74) is -0.678. The summed E-state index contributed by atoms with van der Waals surface area (Å²) >= 11 is 0. The smallest absolute Gasteiger partial charge is 0.337 e. The van der Waals surface area contributed by atoms with Crippen molar-refractivity contribution in [1.82, 2.24) is 5.06 Å². The molecule has 1 saturated heterocycles. The number of aliphatic hydroxyl groups excluding tert-OH is 1. The van der Waals surface area contributed by atoms with Crippen molar-refractivity contribution in [3.05, 3.63) is 0 Å². The Labute approximate surface area is 82.6 Å². The monoisotopic (exact) mass is 201 g/mol. The van der Waals surface area contributed by atoms with Gasteiger partial charge >= 0.3 is 5.97 Å². The SMILES string of the molecule is CC(C)(C)C(=O)ON1C(=O)CCC1O. The molecule has 1 rings (SSSR count). The maximum absolute atomic E-state index is 11.4. The summed E-state index contributed by atoms with van der Waals surface area (Å²) in [5.74, 6) is -0.873. The third kappa shape index (κ3) is 2.23. The van der Waals surface area contributed by atoms with Gasteiger partial charge in [0.2, 0.25) is 0 Å². The predicted octanol–water partition coefficient (Wildman–Crippen LogP) is 0.431. The van der Waals surface area contributed by atoms with Gasteiger partial charge in [0.05, 0.1) is 5.41 Å². The van der Waals surface area contributed by atoms with Crippen LogP contribution in [0.4, 0.5) is 0 Å². The topological polar surface area (TPSA) is 66.8 Å². The lowest BCUT2D eigenvalue weighted by Crippen LogP contribution is -2.38. The van der Waals surface area contributed by atoms with Crippen molar-refractivity contribution in [1.29, 1.82) is 0 Å². The first-order valence-corrected chi connectivity index (χ1v) is 4.55. The molecule has 0 bridgehead atoms. The van der Waals surface area contributed by atoms with Gasteiger partial charge in [-0.3, -0.25) is 4.79 Å². The highest BCUT2D eigenvalue weighted by Gasteiger charge is 2.35. The number of aliphatic hydroxyl groups is 1. The molecule has 1 aliphatic rings. The second-order valence-electron chi connectivity index (χ2n) is 4.37. The fraction of sp³-hybridized carbons (Fsp3) is 0.778. The van der Waals surface area contributed by atoms with Crippen molar-refractivity contribution in [2.45, 2.75) is 39.8 Å². The molecule has 0 radical (unpaired) electrons. The van der Waals surface area contributed by atoms with Crippen molar-refractivity contribution in [2.75, 3.05) is 0 Å². The molecule has 1 atom stereocenters. The van der Waals surface area contributed by atoms with E-state index in [1.165, 1.54) is 0 Å². The fourth-order valence-electron chi connectivity index (χ4n) is 0.984. The molecule has 1 unspecified atom stereocenters. The molecule has 1 amide bonds. The van der Waals surface area contributed by atoms with Gasteiger partial charge in [-0.15, -0.1) is 5.06 Å². The summed E-state index contributed by atoms with van der Waals surface area (Å²) in [7, 11) is 0. The minimum atomic E-state index is -0.992. The molecule has 5 nitrogen and oxygen atoms in total. The van der Waals surface area contributed by atoms with Gasteiger partial charge in [-0.05, 0) is 20.8 Å². The molecule has 80 valence electrons. The first kappa shape index (κ1) is 11.0. The second kappa shape index (κ2) is 3.57. The Morgan fingerprint density at radius 2 is 2.14 bits per heavy atom. The van der Waals surface area contributed by atoms with Gasteiger partial charge < -0.3 is 9.94 Å². The average Bonchev–Trinajstić information content (AvgIpc) is 2.34. The molecule has 1 heterocycles. The highest BCUT2D eigenvalue weighted by molar-refractivity contribution is 5.81. The molecule has 0 saturated carbocycles. The zero-order chi connectivity index (χ0) is 10.9. The van der Waals surface area contributed by atoms with Crippen molar-refractivity contribution in [3.8, 4) is 0 Å². The Hall–Kier alpha value is -1.10. The molecular weight excluding hydrogens is 186 g/mol. The zero-order valence-corrected chi connectivity index (χ0v) is 8.61. The molecule has 5 heteroatoms. The average molecular weight is 201 g/mol. The van der Waals surface area contributed by atoms with Gasteiger partial charge in [0.25, 0.3) is 5.91 Å². The standard InChI is InChI=1S/C9H15NO4/c1-9(2,3)8(13)14-10-6(11)4-5-7(10)12/h6,11H,4-5H2,1-3H3. The summed E-state index contributed by atoms with van der Waals surface area (Å²) in [4.78, 5) is 27.3. The van der Waals surface area contributed by atoms with E-state index in [1.54, 1.807) is 20.8 Å². The Balaban J connectivity index is 2.60. The Morgan fingerprint density at radius 3 is 2.50 bits per heavy atom. The number of rotatable bonds is 1. The molecule has 0 aromatic heterocycles. The normalized spacial score (nSPS) is 22.7. The van der Waals surface area contributed by atoms with Gasteiger partial charge in [-0.1, -0.05) is 0 Å². The quantitative estimate of drug-likeness (QED) is 0.668. The summed E-state index contributed by atoms with van der Waals surface area (Å²) in [5, 5.41) is 10.1. The lowest BCUT2D eigenvalue weighted by Gasteiger charge is -2.23. The molecule has 1 aliphatic heterocycles. The van der Waals surface area contributed by atoms with Crippen molar-refractivity contribution in [2.24, 2.45) is 5.41 Å². The highest BCUT2D eigenvalue weighted by Crippen LogP contribution is 2.21. The van der Waals surface area contributed by atoms with Crippen molar-refractivity contribution >= 4 is 11.9 Å². The first-order chi connectivity index (χ1) is 6.32. The van der Waals surface area contributed by atoms with E-state index in [9.17, 15) is 14.7 Å². The summed E-state index contributed by atoms with van der Waals surface area (Å²) < 4.78 is 0.